The average Bonchev–Trinajstić information content (AvgIpc) is 3.01. The van der Waals surface area contributed by atoms with Crippen LogP contribution in [-0.4, -0.2) is 14.6 Å². The summed E-state index contributed by atoms with van der Waals surface area (Å²) in [5.74, 6) is 0. The molecule has 3 nitrogen and oxygen atoms in total. The van der Waals surface area contributed by atoms with Crippen molar-refractivity contribution in [2.75, 3.05) is 0 Å². The lowest BCUT2D eigenvalue weighted by atomic mass is 10.0. The van der Waals surface area contributed by atoms with E-state index < -0.39 is 0 Å². The Morgan fingerprint density at radius 1 is 1.05 bits per heavy atom. The van der Waals surface area contributed by atoms with E-state index in [9.17, 15) is 0 Å². The summed E-state index contributed by atoms with van der Waals surface area (Å²) in [4.78, 5) is 4.32. The van der Waals surface area contributed by atoms with Gasteiger partial charge >= 0.3 is 0 Å². The first-order chi connectivity index (χ1) is 9.29. The van der Waals surface area contributed by atoms with Crippen LogP contribution in [0.1, 0.15) is 17.5 Å². The van der Waals surface area contributed by atoms with E-state index in [1.165, 1.54) is 36.0 Å². The standard InChI is InChI=1S/C15H12BrN3/c16-14-9-19-15(17-14)7-6-13(18-19)12-5-4-10-2-1-3-11(10)8-12/h4-9H,1-3H2. The van der Waals surface area contributed by atoms with Gasteiger partial charge < -0.3 is 0 Å². The Kier molecular flexibility index (Phi) is 2.45. The maximum absolute atomic E-state index is 4.62. The third-order valence-corrected chi connectivity index (χ3v) is 4.07. The molecule has 3 aromatic rings. The van der Waals surface area contributed by atoms with Gasteiger partial charge in [0.05, 0.1) is 11.9 Å². The second kappa shape index (κ2) is 4.17. The number of fused-ring (bicyclic) bond motifs is 2. The third kappa shape index (κ3) is 1.87. The Labute approximate surface area is 119 Å². The van der Waals surface area contributed by atoms with Gasteiger partial charge in [-0.15, -0.1) is 0 Å². The molecule has 19 heavy (non-hydrogen) atoms. The van der Waals surface area contributed by atoms with E-state index in [2.05, 4.69) is 44.2 Å². The molecule has 4 heteroatoms. The number of benzene rings is 1. The fraction of sp³-hybridized carbons (Fsp3) is 0.200. The predicted molar refractivity (Wildman–Crippen MR) is 78.1 cm³/mol. The molecular weight excluding hydrogens is 302 g/mol. The molecule has 0 saturated carbocycles. The molecule has 1 aliphatic carbocycles. The van der Waals surface area contributed by atoms with E-state index in [-0.39, 0.29) is 0 Å². The van der Waals surface area contributed by atoms with E-state index in [1.54, 1.807) is 0 Å². The molecule has 1 aliphatic rings. The highest BCUT2D eigenvalue weighted by molar-refractivity contribution is 9.10. The minimum absolute atomic E-state index is 0.811. The van der Waals surface area contributed by atoms with E-state index in [1.807, 2.05) is 22.8 Å². The SMILES string of the molecule is Brc1cn2nc(-c3ccc4c(c3)CCC4)ccc2n1. The first-order valence-corrected chi connectivity index (χ1v) is 7.23. The van der Waals surface area contributed by atoms with Crippen LogP contribution in [0.15, 0.2) is 41.1 Å². The number of nitrogens with zero attached hydrogens (tertiary/aromatic N) is 3. The van der Waals surface area contributed by atoms with Crippen molar-refractivity contribution in [3.05, 3.63) is 52.3 Å². The minimum Gasteiger partial charge on any atom is -0.220 e. The largest absolute Gasteiger partial charge is 0.220 e. The summed E-state index contributed by atoms with van der Waals surface area (Å²) in [6, 6.07) is 10.7. The fourth-order valence-electron chi connectivity index (χ4n) is 2.74. The van der Waals surface area contributed by atoms with Crippen molar-refractivity contribution in [1.82, 2.24) is 14.6 Å². The zero-order chi connectivity index (χ0) is 12.8. The van der Waals surface area contributed by atoms with Crippen molar-refractivity contribution in [2.45, 2.75) is 19.3 Å². The summed E-state index contributed by atoms with van der Waals surface area (Å²) in [5, 5.41) is 4.62. The predicted octanol–water partition coefficient (Wildman–Crippen LogP) is 3.65. The average molecular weight is 314 g/mol. The lowest BCUT2D eigenvalue weighted by Gasteiger charge is -2.04. The van der Waals surface area contributed by atoms with Gasteiger partial charge in [-0.05, 0) is 64.5 Å². The molecule has 0 bridgehead atoms. The highest BCUT2D eigenvalue weighted by Crippen LogP contribution is 2.27. The van der Waals surface area contributed by atoms with Gasteiger partial charge in [-0.25, -0.2) is 9.50 Å². The molecule has 0 unspecified atom stereocenters. The molecule has 94 valence electrons. The van der Waals surface area contributed by atoms with Gasteiger partial charge in [-0.3, -0.25) is 0 Å². The molecule has 0 atom stereocenters. The summed E-state index contributed by atoms with van der Waals surface area (Å²) in [6.07, 6.45) is 5.57. The van der Waals surface area contributed by atoms with Crippen LogP contribution >= 0.6 is 15.9 Å². The summed E-state index contributed by atoms with van der Waals surface area (Å²) >= 11 is 3.37. The second-order valence-electron chi connectivity index (χ2n) is 4.92. The van der Waals surface area contributed by atoms with Crippen LogP contribution in [0.4, 0.5) is 0 Å². The lowest BCUT2D eigenvalue weighted by molar-refractivity contribution is 0.911. The van der Waals surface area contributed by atoms with Crippen molar-refractivity contribution in [1.29, 1.82) is 0 Å². The zero-order valence-electron chi connectivity index (χ0n) is 10.3. The number of rotatable bonds is 1. The molecule has 0 saturated heterocycles. The van der Waals surface area contributed by atoms with Crippen LogP contribution in [0, 0.1) is 0 Å². The van der Waals surface area contributed by atoms with Crippen LogP contribution in [0.25, 0.3) is 16.9 Å². The Balaban J connectivity index is 1.85. The van der Waals surface area contributed by atoms with Gasteiger partial charge in [0.15, 0.2) is 5.65 Å². The van der Waals surface area contributed by atoms with E-state index in [0.717, 1.165) is 15.9 Å². The maximum atomic E-state index is 4.62. The Hall–Kier alpha value is -1.68. The summed E-state index contributed by atoms with van der Waals surface area (Å²) < 4.78 is 2.62. The molecule has 0 spiro atoms. The van der Waals surface area contributed by atoms with Gasteiger partial charge in [-0.2, -0.15) is 5.10 Å². The number of imidazole rings is 1. The number of halogens is 1. The smallest absolute Gasteiger partial charge is 0.154 e. The normalized spacial score (nSPS) is 13.9. The highest BCUT2D eigenvalue weighted by atomic mass is 79.9. The summed E-state index contributed by atoms with van der Waals surface area (Å²) in [7, 11) is 0. The van der Waals surface area contributed by atoms with Gasteiger partial charge in [0.1, 0.15) is 4.60 Å². The molecule has 1 aromatic carbocycles. The van der Waals surface area contributed by atoms with Crippen molar-refractivity contribution < 1.29 is 0 Å². The van der Waals surface area contributed by atoms with Crippen molar-refractivity contribution in [3.8, 4) is 11.3 Å². The number of aryl methyl sites for hydroxylation is 2. The topological polar surface area (TPSA) is 30.2 Å². The molecule has 0 aliphatic heterocycles. The van der Waals surface area contributed by atoms with Crippen LogP contribution < -0.4 is 0 Å². The Morgan fingerprint density at radius 2 is 1.95 bits per heavy atom. The first-order valence-electron chi connectivity index (χ1n) is 6.44. The van der Waals surface area contributed by atoms with Crippen LogP contribution in [-0.2, 0) is 12.8 Å². The number of hydrogen-bond acceptors (Lipinski definition) is 2. The minimum atomic E-state index is 0.811. The quantitative estimate of drug-likeness (QED) is 0.686. The maximum Gasteiger partial charge on any atom is 0.154 e. The molecule has 0 radical (unpaired) electrons. The van der Waals surface area contributed by atoms with E-state index in [4.69, 9.17) is 0 Å². The number of aromatic nitrogens is 3. The van der Waals surface area contributed by atoms with E-state index in [0.29, 0.717) is 0 Å². The van der Waals surface area contributed by atoms with Crippen molar-refractivity contribution >= 4 is 21.6 Å². The molecule has 2 heterocycles. The lowest BCUT2D eigenvalue weighted by Crippen LogP contribution is -1.94. The van der Waals surface area contributed by atoms with Gasteiger partial charge in [0.25, 0.3) is 0 Å². The first kappa shape index (κ1) is 11.2. The summed E-state index contributed by atoms with van der Waals surface area (Å²) in [6.45, 7) is 0. The van der Waals surface area contributed by atoms with Crippen molar-refractivity contribution in [2.24, 2.45) is 0 Å². The van der Waals surface area contributed by atoms with Crippen LogP contribution in [0.2, 0.25) is 0 Å². The molecule has 2 aromatic heterocycles. The molecule has 0 fully saturated rings. The van der Waals surface area contributed by atoms with Gasteiger partial charge in [0.2, 0.25) is 0 Å². The van der Waals surface area contributed by atoms with E-state index >= 15 is 0 Å². The van der Waals surface area contributed by atoms with Crippen LogP contribution in [0.5, 0.6) is 0 Å². The molecule has 0 amide bonds. The third-order valence-electron chi connectivity index (χ3n) is 3.68. The van der Waals surface area contributed by atoms with Crippen LogP contribution in [0.3, 0.4) is 0 Å². The molecule has 0 N–H and O–H groups in total. The van der Waals surface area contributed by atoms with Gasteiger partial charge in [0, 0.05) is 5.56 Å². The fourth-order valence-corrected chi connectivity index (χ4v) is 3.11. The second-order valence-corrected chi connectivity index (χ2v) is 5.73. The zero-order valence-corrected chi connectivity index (χ0v) is 11.9. The highest BCUT2D eigenvalue weighted by Gasteiger charge is 2.12. The molecule has 4 rings (SSSR count). The van der Waals surface area contributed by atoms with Crippen molar-refractivity contribution in [3.63, 3.8) is 0 Å². The summed E-state index contributed by atoms with van der Waals surface area (Å²) in [5.41, 5.74) is 6.01. The van der Waals surface area contributed by atoms with Gasteiger partial charge in [-0.1, -0.05) is 12.1 Å². The Morgan fingerprint density at radius 3 is 2.89 bits per heavy atom. The monoisotopic (exact) mass is 313 g/mol. The molecular formula is C15H12BrN3. The Bertz CT molecular complexity index is 776. The number of hydrogen-bond donors (Lipinski definition) is 0.